The van der Waals surface area contributed by atoms with Crippen LogP contribution in [0.5, 0.6) is 5.75 Å². The van der Waals surface area contributed by atoms with Crippen molar-refractivity contribution in [3.8, 4) is 5.75 Å². The number of carbonyl (C=O) groups is 1. The summed E-state index contributed by atoms with van der Waals surface area (Å²) in [5.41, 5.74) is 2.00. The Morgan fingerprint density at radius 3 is 2.75 bits per heavy atom. The van der Waals surface area contributed by atoms with Crippen molar-refractivity contribution < 1.29 is 9.53 Å². The average molecular weight is 327 g/mol. The number of amides is 1. The molecule has 1 saturated heterocycles. The van der Waals surface area contributed by atoms with Gasteiger partial charge in [-0.05, 0) is 55.4 Å². The normalized spacial score (nSPS) is 17.8. The minimum Gasteiger partial charge on any atom is -0.497 e. The molecule has 0 unspecified atom stereocenters. The molecule has 0 bridgehead atoms. The first-order valence-electron chi connectivity index (χ1n) is 8.57. The molecule has 1 aromatic heterocycles. The maximum atomic E-state index is 12.6. The number of rotatable bonds is 5. The Morgan fingerprint density at radius 2 is 2.08 bits per heavy atom. The van der Waals surface area contributed by atoms with Crippen molar-refractivity contribution in [3.63, 3.8) is 0 Å². The third-order valence-electron chi connectivity index (χ3n) is 4.85. The molecule has 0 spiro atoms. The summed E-state index contributed by atoms with van der Waals surface area (Å²) in [6.07, 6.45) is 6.12. The van der Waals surface area contributed by atoms with Gasteiger partial charge in [0.15, 0.2) is 0 Å². The van der Waals surface area contributed by atoms with Gasteiger partial charge in [-0.25, -0.2) is 0 Å². The smallest absolute Gasteiger partial charge is 0.272 e. The number of aromatic nitrogens is 2. The van der Waals surface area contributed by atoms with E-state index in [1.165, 1.54) is 12.0 Å². The third kappa shape index (κ3) is 3.78. The number of ether oxygens (including phenoxy) is 1. The van der Waals surface area contributed by atoms with Crippen LogP contribution in [0.1, 0.15) is 35.3 Å². The summed E-state index contributed by atoms with van der Waals surface area (Å²) in [4.78, 5) is 14.6. The minimum atomic E-state index is 0.101. The van der Waals surface area contributed by atoms with Gasteiger partial charge in [0.05, 0.1) is 7.11 Å². The molecule has 0 radical (unpaired) electrons. The van der Waals surface area contributed by atoms with E-state index in [2.05, 4.69) is 17.2 Å². The lowest BCUT2D eigenvalue weighted by atomic mass is 9.91. The van der Waals surface area contributed by atoms with Crippen LogP contribution in [-0.4, -0.2) is 40.8 Å². The maximum absolute atomic E-state index is 12.6. The number of nitrogens with zero attached hydrogens (tertiary/aromatic N) is 3. The van der Waals surface area contributed by atoms with Gasteiger partial charge in [-0.15, -0.1) is 0 Å². The molecule has 1 aliphatic heterocycles. The Balaban J connectivity index is 1.55. The predicted octanol–water partition coefficient (Wildman–Crippen LogP) is 2.91. The van der Waals surface area contributed by atoms with Crippen LogP contribution < -0.4 is 4.74 Å². The second-order valence-electron chi connectivity index (χ2n) is 6.49. The molecule has 3 rings (SSSR count). The summed E-state index contributed by atoms with van der Waals surface area (Å²) in [6.45, 7) is 1.70. The molecule has 1 fully saturated rings. The van der Waals surface area contributed by atoms with Crippen molar-refractivity contribution >= 4 is 5.91 Å². The molecular formula is C19H25N3O2. The lowest BCUT2D eigenvalue weighted by Gasteiger charge is -2.32. The van der Waals surface area contributed by atoms with Crippen molar-refractivity contribution in [2.75, 3.05) is 20.2 Å². The first kappa shape index (κ1) is 16.6. The van der Waals surface area contributed by atoms with E-state index in [9.17, 15) is 4.79 Å². The summed E-state index contributed by atoms with van der Waals surface area (Å²) in [5.74, 6) is 1.56. The zero-order valence-corrected chi connectivity index (χ0v) is 14.4. The maximum Gasteiger partial charge on any atom is 0.272 e. The van der Waals surface area contributed by atoms with Crippen LogP contribution in [0.3, 0.4) is 0 Å². The van der Waals surface area contributed by atoms with Gasteiger partial charge in [0.25, 0.3) is 5.91 Å². The van der Waals surface area contributed by atoms with E-state index in [1.807, 2.05) is 24.1 Å². The summed E-state index contributed by atoms with van der Waals surface area (Å²) in [6, 6.07) is 10.1. The van der Waals surface area contributed by atoms with Gasteiger partial charge >= 0.3 is 0 Å². The van der Waals surface area contributed by atoms with Crippen molar-refractivity contribution in [2.45, 2.75) is 25.7 Å². The fourth-order valence-electron chi connectivity index (χ4n) is 3.39. The van der Waals surface area contributed by atoms with Crippen LogP contribution in [0.15, 0.2) is 36.5 Å². The SMILES string of the molecule is COc1ccc(CC[C@@H]2CCCN(C(=O)c3ccnn3C)C2)cc1. The van der Waals surface area contributed by atoms with Crippen molar-refractivity contribution in [1.29, 1.82) is 0 Å². The number of piperidine rings is 1. The molecule has 0 saturated carbocycles. The van der Waals surface area contributed by atoms with E-state index in [0.717, 1.165) is 38.1 Å². The van der Waals surface area contributed by atoms with E-state index in [4.69, 9.17) is 4.74 Å². The Kier molecular flexibility index (Phi) is 5.18. The number of hydrogen-bond acceptors (Lipinski definition) is 3. The first-order valence-corrected chi connectivity index (χ1v) is 8.57. The van der Waals surface area contributed by atoms with Crippen LogP contribution >= 0.6 is 0 Å². The number of aryl methyl sites for hydroxylation is 2. The number of hydrogen-bond donors (Lipinski definition) is 0. The molecule has 5 nitrogen and oxygen atoms in total. The molecule has 5 heteroatoms. The number of methoxy groups -OCH3 is 1. The van der Waals surface area contributed by atoms with Crippen LogP contribution in [-0.2, 0) is 13.5 Å². The third-order valence-corrected chi connectivity index (χ3v) is 4.85. The van der Waals surface area contributed by atoms with Gasteiger partial charge in [-0.2, -0.15) is 5.10 Å². The summed E-state index contributed by atoms with van der Waals surface area (Å²) >= 11 is 0. The highest BCUT2D eigenvalue weighted by atomic mass is 16.5. The second-order valence-corrected chi connectivity index (χ2v) is 6.49. The van der Waals surface area contributed by atoms with E-state index in [0.29, 0.717) is 11.6 Å². The van der Waals surface area contributed by atoms with Gasteiger partial charge < -0.3 is 9.64 Å². The minimum absolute atomic E-state index is 0.101. The number of benzene rings is 1. The largest absolute Gasteiger partial charge is 0.497 e. The van der Waals surface area contributed by atoms with Crippen LogP contribution in [0.2, 0.25) is 0 Å². The quantitative estimate of drug-likeness (QED) is 0.848. The zero-order valence-electron chi connectivity index (χ0n) is 14.4. The summed E-state index contributed by atoms with van der Waals surface area (Å²) < 4.78 is 6.85. The van der Waals surface area contributed by atoms with Crippen LogP contribution in [0.4, 0.5) is 0 Å². The Hall–Kier alpha value is -2.30. The monoisotopic (exact) mass is 327 g/mol. The van der Waals surface area contributed by atoms with Crippen molar-refractivity contribution in [1.82, 2.24) is 14.7 Å². The van der Waals surface area contributed by atoms with Gasteiger partial charge in [-0.1, -0.05) is 12.1 Å². The second kappa shape index (κ2) is 7.51. The zero-order chi connectivity index (χ0) is 16.9. The van der Waals surface area contributed by atoms with E-state index >= 15 is 0 Å². The van der Waals surface area contributed by atoms with E-state index < -0.39 is 0 Å². The molecule has 128 valence electrons. The summed E-state index contributed by atoms with van der Waals surface area (Å²) in [7, 11) is 3.50. The summed E-state index contributed by atoms with van der Waals surface area (Å²) in [5, 5.41) is 4.10. The molecule has 2 heterocycles. The molecule has 0 N–H and O–H groups in total. The molecule has 0 aliphatic carbocycles. The highest BCUT2D eigenvalue weighted by molar-refractivity contribution is 5.92. The van der Waals surface area contributed by atoms with Gasteiger partial charge in [-0.3, -0.25) is 9.48 Å². The van der Waals surface area contributed by atoms with Crippen molar-refractivity contribution in [2.24, 2.45) is 13.0 Å². The van der Waals surface area contributed by atoms with E-state index in [1.54, 1.807) is 24.1 Å². The highest BCUT2D eigenvalue weighted by Gasteiger charge is 2.25. The predicted molar refractivity (Wildman–Crippen MR) is 93.2 cm³/mol. The average Bonchev–Trinajstić information content (AvgIpc) is 3.06. The number of carbonyl (C=O) groups excluding carboxylic acids is 1. The van der Waals surface area contributed by atoms with Gasteiger partial charge in [0.2, 0.25) is 0 Å². The Bertz CT molecular complexity index is 678. The lowest BCUT2D eigenvalue weighted by molar-refractivity contribution is 0.0657. The highest BCUT2D eigenvalue weighted by Crippen LogP contribution is 2.23. The molecule has 24 heavy (non-hydrogen) atoms. The first-order chi connectivity index (χ1) is 11.7. The fraction of sp³-hybridized carbons (Fsp3) is 0.474. The molecule has 1 atom stereocenters. The molecule has 2 aromatic rings. The Morgan fingerprint density at radius 1 is 1.29 bits per heavy atom. The van der Waals surface area contributed by atoms with Crippen LogP contribution in [0.25, 0.3) is 0 Å². The van der Waals surface area contributed by atoms with Crippen molar-refractivity contribution in [3.05, 3.63) is 47.8 Å². The lowest BCUT2D eigenvalue weighted by Crippen LogP contribution is -2.40. The van der Waals surface area contributed by atoms with Gasteiger partial charge in [0.1, 0.15) is 11.4 Å². The molecule has 1 amide bonds. The van der Waals surface area contributed by atoms with Crippen LogP contribution in [0, 0.1) is 5.92 Å². The van der Waals surface area contributed by atoms with Gasteiger partial charge in [0, 0.05) is 26.3 Å². The molecular weight excluding hydrogens is 302 g/mol. The standard InChI is InChI=1S/C19H25N3O2/c1-21-18(11-12-20-21)19(23)22-13-3-4-16(14-22)6-5-15-7-9-17(24-2)10-8-15/h7-12,16H,3-6,13-14H2,1-2H3/t16-/m0/s1. The molecule has 1 aromatic carbocycles. The fourth-order valence-corrected chi connectivity index (χ4v) is 3.39. The Labute approximate surface area is 143 Å². The number of likely N-dealkylation sites (tertiary alicyclic amines) is 1. The topological polar surface area (TPSA) is 47.4 Å². The van der Waals surface area contributed by atoms with E-state index in [-0.39, 0.29) is 5.91 Å². The molecule has 1 aliphatic rings.